The molecule has 1 N–H and O–H groups in total. The summed E-state index contributed by atoms with van der Waals surface area (Å²) in [7, 11) is 0. The number of hydrogen-bond donors (Lipinski definition) is 1. The molecule has 1 fully saturated rings. The summed E-state index contributed by atoms with van der Waals surface area (Å²) in [4.78, 5) is 12.3. The van der Waals surface area contributed by atoms with Crippen LogP contribution in [0.15, 0.2) is 22.6 Å². The first kappa shape index (κ1) is 11.3. The molecule has 1 amide bonds. The summed E-state index contributed by atoms with van der Waals surface area (Å²) in [6, 6.07) is 3.68. The molecule has 0 unspecified atom stereocenters. The predicted molar refractivity (Wildman–Crippen MR) is 66.9 cm³/mol. The number of amides is 1. The fourth-order valence-electron chi connectivity index (χ4n) is 1.96. The molecule has 1 heterocycles. The van der Waals surface area contributed by atoms with Crippen molar-refractivity contribution in [2.24, 2.45) is 11.0 Å². The highest BCUT2D eigenvalue weighted by Crippen LogP contribution is 2.21. The SMILES string of the molecule is C[C@H]1CCC/C(=N\NC(=O)c2cccs2)C1. The molecule has 86 valence electrons. The van der Waals surface area contributed by atoms with E-state index in [1.165, 1.54) is 24.2 Å². The first-order valence-corrected chi connectivity index (χ1v) is 6.53. The maximum atomic E-state index is 11.6. The molecule has 1 aromatic heterocycles. The Morgan fingerprint density at radius 2 is 2.50 bits per heavy atom. The zero-order chi connectivity index (χ0) is 11.4. The van der Waals surface area contributed by atoms with E-state index in [1.807, 2.05) is 17.5 Å². The van der Waals surface area contributed by atoms with Crippen LogP contribution < -0.4 is 5.43 Å². The fourth-order valence-corrected chi connectivity index (χ4v) is 2.57. The van der Waals surface area contributed by atoms with Crippen molar-refractivity contribution in [1.82, 2.24) is 5.43 Å². The third-order valence-corrected chi connectivity index (χ3v) is 3.68. The topological polar surface area (TPSA) is 41.5 Å². The smallest absolute Gasteiger partial charge is 0.266 e. The van der Waals surface area contributed by atoms with Gasteiger partial charge >= 0.3 is 0 Å². The Bertz CT molecular complexity index is 384. The van der Waals surface area contributed by atoms with Gasteiger partial charge in [-0.05, 0) is 43.0 Å². The number of carbonyl (C=O) groups excluding carboxylic acids is 1. The lowest BCUT2D eigenvalue weighted by Crippen LogP contribution is -2.21. The molecule has 4 heteroatoms. The Kier molecular flexibility index (Phi) is 3.72. The van der Waals surface area contributed by atoms with Gasteiger partial charge in [0.15, 0.2) is 0 Å². The molecule has 1 saturated carbocycles. The van der Waals surface area contributed by atoms with E-state index in [0.29, 0.717) is 10.8 Å². The number of hydrogen-bond acceptors (Lipinski definition) is 3. The van der Waals surface area contributed by atoms with Gasteiger partial charge in [0.25, 0.3) is 5.91 Å². The summed E-state index contributed by atoms with van der Waals surface area (Å²) in [5.41, 5.74) is 3.76. The summed E-state index contributed by atoms with van der Waals surface area (Å²) in [6.45, 7) is 2.23. The second-order valence-electron chi connectivity index (χ2n) is 4.30. The van der Waals surface area contributed by atoms with Crippen molar-refractivity contribution in [1.29, 1.82) is 0 Å². The molecule has 16 heavy (non-hydrogen) atoms. The van der Waals surface area contributed by atoms with Crippen LogP contribution in [0.3, 0.4) is 0 Å². The average molecular weight is 236 g/mol. The second kappa shape index (κ2) is 5.25. The lowest BCUT2D eigenvalue weighted by atomic mass is 9.89. The third-order valence-electron chi connectivity index (χ3n) is 2.81. The Balaban J connectivity index is 1.91. The first-order valence-electron chi connectivity index (χ1n) is 5.65. The molecule has 1 atom stereocenters. The van der Waals surface area contributed by atoms with Crippen LogP contribution in [0.2, 0.25) is 0 Å². The summed E-state index contributed by atoms with van der Waals surface area (Å²) in [5.74, 6) is 0.604. The molecule has 1 aliphatic rings. The molecule has 0 bridgehead atoms. The highest BCUT2D eigenvalue weighted by Gasteiger charge is 2.14. The molecule has 0 aromatic carbocycles. The number of thiophene rings is 1. The van der Waals surface area contributed by atoms with E-state index >= 15 is 0 Å². The van der Waals surface area contributed by atoms with Crippen LogP contribution in [0.1, 0.15) is 42.3 Å². The van der Waals surface area contributed by atoms with E-state index in [1.54, 1.807) is 0 Å². The van der Waals surface area contributed by atoms with Crippen molar-refractivity contribution in [3.05, 3.63) is 22.4 Å². The molecule has 0 spiro atoms. The van der Waals surface area contributed by atoms with E-state index in [4.69, 9.17) is 0 Å². The number of carbonyl (C=O) groups is 1. The van der Waals surface area contributed by atoms with Gasteiger partial charge < -0.3 is 0 Å². The van der Waals surface area contributed by atoms with E-state index in [-0.39, 0.29) is 5.91 Å². The zero-order valence-electron chi connectivity index (χ0n) is 9.40. The molecular weight excluding hydrogens is 220 g/mol. The van der Waals surface area contributed by atoms with Crippen LogP contribution >= 0.6 is 11.3 Å². The van der Waals surface area contributed by atoms with Crippen LogP contribution in [0.5, 0.6) is 0 Å². The molecule has 0 saturated heterocycles. The maximum Gasteiger partial charge on any atom is 0.281 e. The molecular formula is C12H16N2OS. The summed E-state index contributed by atoms with van der Waals surface area (Å²) in [5, 5.41) is 6.11. The van der Waals surface area contributed by atoms with Crippen molar-refractivity contribution in [2.45, 2.75) is 32.6 Å². The van der Waals surface area contributed by atoms with Gasteiger partial charge in [0.1, 0.15) is 0 Å². The summed E-state index contributed by atoms with van der Waals surface area (Å²) >= 11 is 1.44. The zero-order valence-corrected chi connectivity index (χ0v) is 10.2. The fraction of sp³-hybridized carbons (Fsp3) is 0.500. The van der Waals surface area contributed by atoms with Crippen molar-refractivity contribution in [3.8, 4) is 0 Å². The molecule has 1 aliphatic carbocycles. The lowest BCUT2D eigenvalue weighted by molar-refractivity contribution is 0.0958. The monoisotopic (exact) mass is 236 g/mol. The average Bonchev–Trinajstić information content (AvgIpc) is 2.79. The third kappa shape index (κ3) is 2.92. The minimum atomic E-state index is -0.0965. The van der Waals surface area contributed by atoms with Crippen LogP contribution in [-0.4, -0.2) is 11.6 Å². The highest BCUT2D eigenvalue weighted by atomic mass is 32.1. The molecule has 1 aromatic rings. The summed E-state index contributed by atoms with van der Waals surface area (Å²) < 4.78 is 0. The van der Waals surface area contributed by atoms with Gasteiger partial charge in [-0.1, -0.05) is 13.0 Å². The summed E-state index contributed by atoms with van der Waals surface area (Å²) in [6.07, 6.45) is 4.51. The largest absolute Gasteiger partial charge is 0.281 e. The molecule has 2 rings (SSSR count). The van der Waals surface area contributed by atoms with Crippen molar-refractivity contribution < 1.29 is 4.79 Å². The maximum absolute atomic E-state index is 11.6. The predicted octanol–water partition coefficient (Wildman–Crippen LogP) is 3.04. The minimum absolute atomic E-state index is 0.0965. The van der Waals surface area contributed by atoms with Gasteiger partial charge in [-0.15, -0.1) is 11.3 Å². The first-order chi connectivity index (χ1) is 7.75. The van der Waals surface area contributed by atoms with Crippen LogP contribution in [0.4, 0.5) is 0 Å². The lowest BCUT2D eigenvalue weighted by Gasteiger charge is -2.18. The van der Waals surface area contributed by atoms with Gasteiger partial charge in [-0.3, -0.25) is 4.79 Å². The van der Waals surface area contributed by atoms with Crippen LogP contribution in [0.25, 0.3) is 0 Å². The molecule has 0 radical (unpaired) electrons. The molecule has 0 aliphatic heterocycles. The van der Waals surface area contributed by atoms with Gasteiger partial charge in [0, 0.05) is 5.71 Å². The Labute approximate surface area is 99.6 Å². The number of hydrazone groups is 1. The Hall–Kier alpha value is -1.16. The van der Waals surface area contributed by atoms with Crippen LogP contribution in [0, 0.1) is 5.92 Å². The standard InChI is InChI=1S/C12H16N2OS/c1-9-4-2-5-10(8-9)13-14-12(15)11-6-3-7-16-11/h3,6-7,9H,2,4-5,8H2,1H3,(H,14,15)/b13-10+/t9-/m0/s1. The van der Waals surface area contributed by atoms with Crippen molar-refractivity contribution in [2.75, 3.05) is 0 Å². The van der Waals surface area contributed by atoms with Crippen molar-refractivity contribution >= 4 is 23.0 Å². The van der Waals surface area contributed by atoms with E-state index in [2.05, 4.69) is 17.5 Å². The normalized spacial score (nSPS) is 23.3. The number of nitrogens with zero attached hydrogens (tertiary/aromatic N) is 1. The number of nitrogens with one attached hydrogen (secondary N) is 1. The highest BCUT2D eigenvalue weighted by molar-refractivity contribution is 7.12. The Morgan fingerprint density at radius 3 is 3.19 bits per heavy atom. The van der Waals surface area contributed by atoms with Crippen molar-refractivity contribution in [3.63, 3.8) is 0 Å². The van der Waals surface area contributed by atoms with Gasteiger partial charge in [0.05, 0.1) is 4.88 Å². The van der Waals surface area contributed by atoms with E-state index < -0.39 is 0 Å². The van der Waals surface area contributed by atoms with Crippen LogP contribution in [-0.2, 0) is 0 Å². The minimum Gasteiger partial charge on any atom is -0.266 e. The Morgan fingerprint density at radius 1 is 1.62 bits per heavy atom. The second-order valence-corrected chi connectivity index (χ2v) is 5.25. The van der Waals surface area contributed by atoms with Gasteiger partial charge in [0.2, 0.25) is 0 Å². The quantitative estimate of drug-likeness (QED) is 0.788. The number of rotatable bonds is 2. The van der Waals surface area contributed by atoms with Gasteiger partial charge in [-0.2, -0.15) is 5.10 Å². The van der Waals surface area contributed by atoms with E-state index in [9.17, 15) is 4.79 Å². The van der Waals surface area contributed by atoms with Gasteiger partial charge in [-0.25, -0.2) is 5.43 Å². The van der Waals surface area contributed by atoms with E-state index in [0.717, 1.165) is 18.6 Å². The molecule has 3 nitrogen and oxygen atoms in total.